The van der Waals surface area contributed by atoms with E-state index in [0.29, 0.717) is 5.15 Å². The molecule has 0 saturated carbocycles. The van der Waals surface area contributed by atoms with Crippen molar-refractivity contribution in [2.24, 2.45) is 0 Å². The van der Waals surface area contributed by atoms with Gasteiger partial charge in [-0.05, 0) is 19.1 Å². The molecule has 20 heavy (non-hydrogen) atoms. The minimum absolute atomic E-state index is 0.219. The Bertz CT molecular complexity index is 744. The highest BCUT2D eigenvalue weighted by molar-refractivity contribution is 6.30. The monoisotopic (exact) mass is 286 g/mol. The summed E-state index contributed by atoms with van der Waals surface area (Å²) in [5.41, 5.74) is 2.46. The minimum atomic E-state index is 0.219. The molecule has 2 heterocycles. The number of hydrogen-bond acceptors (Lipinski definition) is 3. The van der Waals surface area contributed by atoms with Crippen LogP contribution in [-0.2, 0) is 0 Å². The number of aromatic nitrogens is 2. The van der Waals surface area contributed by atoms with Crippen molar-refractivity contribution in [3.63, 3.8) is 0 Å². The highest BCUT2D eigenvalue weighted by atomic mass is 35.5. The molecule has 0 bridgehead atoms. The number of nitrogens with zero attached hydrogens (tertiary/aromatic N) is 2. The van der Waals surface area contributed by atoms with Gasteiger partial charge in [0.2, 0.25) is 0 Å². The molecule has 102 valence electrons. The van der Waals surface area contributed by atoms with Crippen molar-refractivity contribution < 1.29 is 4.42 Å². The van der Waals surface area contributed by atoms with Crippen LogP contribution < -0.4 is 0 Å². The summed E-state index contributed by atoms with van der Waals surface area (Å²) in [6.07, 6.45) is 0. The zero-order chi connectivity index (χ0) is 14.3. The van der Waals surface area contributed by atoms with E-state index in [4.69, 9.17) is 16.0 Å². The lowest BCUT2D eigenvalue weighted by Gasteiger charge is -2.09. The Hall–Kier alpha value is -1.87. The Balaban J connectivity index is 2.22. The first-order valence-electron chi connectivity index (χ1n) is 6.59. The smallest absolute Gasteiger partial charge is 0.154 e. The van der Waals surface area contributed by atoms with Gasteiger partial charge < -0.3 is 4.42 Å². The van der Waals surface area contributed by atoms with Crippen LogP contribution in [0.25, 0.3) is 22.4 Å². The van der Waals surface area contributed by atoms with Gasteiger partial charge >= 0.3 is 0 Å². The lowest BCUT2D eigenvalue weighted by molar-refractivity contribution is 0.625. The Morgan fingerprint density at radius 2 is 1.90 bits per heavy atom. The van der Waals surface area contributed by atoms with E-state index in [9.17, 15) is 0 Å². The number of hydrogen-bond donors (Lipinski definition) is 0. The first kappa shape index (κ1) is 13.1. The third kappa shape index (κ3) is 2.18. The summed E-state index contributed by atoms with van der Waals surface area (Å²) in [4.78, 5) is 8.93. The molecule has 0 aliphatic carbocycles. The highest BCUT2D eigenvalue weighted by Gasteiger charge is 2.16. The second-order valence-corrected chi connectivity index (χ2v) is 5.51. The molecule has 3 nitrogen and oxygen atoms in total. The molecule has 1 aromatic carbocycles. The van der Waals surface area contributed by atoms with E-state index in [0.717, 1.165) is 33.8 Å². The molecule has 0 amide bonds. The van der Waals surface area contributed by atoms with Gasteiger partial charge in [0.25, 0.3) is 0 Å². The standard InChI is InChI=1S/C16H15ClN2O/c1-9(2)16-18-14(10(3)15(17)19-16)13-8-11-6-4-5-7-12(11)20-13/h4-9H,1-3H3. The summed E-state index contributed by atoms with van der Waals surface area (Å²) in [5, 5.41) is 1.54. The molecule has 0 N–H and O–H groups in total. The maximum absolute atomic E-state index is 6.22. The third-order valence-corrected chi connectivity index (χ3v) is 3.65. The first-order chi connectivity index (χ1) is 9.56. The van der Waals surface area contributed by atoms with Crippen LogP contribution in [0.15, 0.2) is 34.7 Å². The summed E-state index contributed by atoms with van der Waals surface area (Å²) in [6.45, 7) is 6.00. The largest absolute Gasteiger partial charge is 0.454 e. The van der Waals surface area contributed by atoms with Crippen molar-refractivity contribution in [3.05, 3.63) is 46.9 Å². The Morgan fingerprint density at radius 1 is 1.15 bits per heavy atom. The summed E-state index contributed by atoms with van der Waals surface area (Å²) in [5.74, 6) is 1.68. The Morgan fingerprint density at radius 3 is 2.60 bits per heavy atom. The maximum Gasteiger partial charge on any atom is 0.154 e. The Kier molecular flexibility index (Phi) is 3.22. The molecular formula is C16H15ClN2O. The quantitative estimate of drug-likeness (QED) is 0.624. The fourth-order valence-corrected chi connectivity index (χ4v) is 2.28. The number of fused-ring (bicyclic) bond motifs is 1. The van der Waals surface area contributed by atoms with E-state index in [-0.39, 0.29) is 5.92 Å². The van der Waals surface area contributed by atoms with Gasteiger partial charge in [-0.15, -0.1) is 0 Å². The predicted molar refractivity (Wildman–Crippen MR) is 81.1 cm³/mol. The molecule has 0 atom stereocenters. The second kappa shape index (κ2) is 4.91. The van der Waals surface area contributed by atoms with Crippen LogP contribution in [0.4, 0.5) is 0 Å². The number of rotatable bonds is 2. The summed E-state index contributed by atoms with van der Waals surface area (Å²) in [7, 11) is 0. The molecule has 3 aromatic rings. The lowest BCUT2D eigenvalue weighted by atomic mass is 10.1. The molecule has 4 heteroatoms. The van der Waals surface area contributed by atoms with E-state index in [1.54, 1.807) is 0 Å². The molecule has 0 aliphatic rings. The van der Waals surface area contributed by atoms with Crippen molar-refractivity contribution in [2.45, 2.75) is 26.7 Å². The predicted octanol–water partition coefficient (Wildman–Crippen LogP) is 4.98. The SMILES string of the molecule is Cc1c(Cl)nc(C(C)C)nc1-c1cc2ccccc2o1. The zero-order valence-corrected chi connectivity index (χ0v) is 12.4. The zero-order valence-electron chi connectivity index (χ0n) is 11.6. The Labute approximate surface area is 122 Å². The molecule has 0 spiro atoms. The summed E-state index contributed by atoms with van der Waals surface area (Å²) < 4.78 is 5.88. The van der Waals surface area contributed by atoms with Gasteiger partial charge in [-0.3, -0.25) is 0 Å². The van der Waals surface area contributed by atoms with E-state index in [1.165, 1.54) is 0 Å². The number of furan rings is 1. The molecule has 0 saturated heterocycles. The molecule has 0 unspecified atom stereocenters. The van der Waals surface area contributed by atoms with Gasteiger partial charge in [0.15, 0.2) is 5.76 Å². The van der Waals surface area contributed by atoms with Crippen LogP contribution in [0, 0.1) is 6.92 Å². The van der Waals surface area contributed by atoms with Crippen LogP contribution in [0.1, 0.15) is 31.2 Å². The highest BCUT2D eigenvalue weighted by Crippen LogP contribution is 2.31. The van der Waals surface area contributed by atoms with Crippen LogP contribution >= 0.6 is 11.6 Å². The van der Waals surface area contributed by atoms with Crippen molar-refractivity contribution in [3.8, 4) is 11.5 Å². The minimum Gasteiger partial charge on any atom is -0.454 e. The molecule has 2 aromatic heterocycles. The van der Waals surface area contributed by atoms with Crippen molar-refractivity contribution in [1.29, 1.82) is 0 Å². The van der Waals surface area contributed by atoms with Gasteiger partial charge in [-0.25, -0.2) is 9.97 Å². The van der Waals surface area contributed by atoms with E-state index in [2.05, 4.69) is 9.97 Å². The van der Waals surface area contributed by atoms with Crippen LogP contribution in [0.5, 0.6) is 0 Å². The number of benzene rings is 1. The number of halogens is 1. The van der Waals surface area contributed by atoms with Gasteiger partial charge in [-0.2, -0.15) is 0 Å². The van der Waals surface area contributed by atoms with Crippen LogP contribution in [-0.4, -0.2) is 9.97 Å². The van der Waals surface area contributed by atoms with Crippen LogP contribution in [0.2, 0.25) is 5.15 Å². The molecule has 0 radical (unpaired) electrons. The molecule has 3 rings (SSSR count). The molecular weight excluding hydrogens is 272 g/mol. The summed E-state index contributed by atoms with van der Waals surface area (Å²) >= 11 is 6.22. The van der Waals surface area contributed by atoms with Crippen molar-refractivity contribution >= 4 is 22.6 Å². The number of para-hydroxylation sites is 1. The average Bonchev–Trinajstić information content (AvgIpc) is 2.84. The molecule has 0 aliphatic heterocycles. The van der Waals surface area contributed by atoms with E-state index < -0.39 is 0 Å². The van der Waals surface area contributed by atoms with Gasteiger partial charge in [0.05, 0.1) is 0 Å². The van der Waals surface area contributed by atoms with Crippen LogP contribution in [0.3, 0.4) is 0 Å². The topological polar surface area (TPSA) is 38.9 Å². The van der Waals surface area contributed by atoms with E-state index in [1.807, 2.05) is 51.1 Å². The van der Waals surface area contributed by atoms with Crippen molar-refractivity contribution in [1.82, 2.24) is 9.97 Å². The fraction of sp³-hybridized carbons (Fsp3) is 0.250. The average molecular weight is 287 g/mol. The summed E-state index contributed by atoms with van der Waals surface area (Å²) in [6, 6.07) is 9.89. The van der Waals surface area contributed by atoms with Gasteiger partial charge in [0.1, 0.15) is 22.3 Å². The normalized spacial score (nSPS) is 11.4. The third-order valence-electron chi connectivity index (χ3n) is 3.28. The first-order valence-corrected chi connectivity index (χ1v) is 6.97. The lowest BCUT2D eigenvalue weighted by Crippen LogP contribution is -2.01. The van der Waals surface area contributed by atoms with Gasteiger partial charge in [-0.1, -0.05) is 43.6 Å². The molecule has 0 fully saturated rings. The van der Waals surface area contributed by atoms with Crippen molar-refractivity contribution in [2.75, 3.05) is 0 Å². The fourth-order valence-electron chi connectivity index (χ4n) is 2.10. The maximum atomic E-state index is 6.22. The van der Waals surface area contributed by atoms with E-state index >= 15 is 0 Å². The second-order valence-electron chi connectivity index (χ2n) is 5.15. The van der Waals surface area contributed by atoms with Gasteiger partial charge in [0, 0.05) is 16.9 Å².